The summed E-state index contributed by atoms with van der Waals surface area (Å²) < 4.78 is 36.6. The van der Waals surface area contributed by atoms with Gasteiger partial charge in [0.25, 0.3) is 0 Å². The van der Waals surface area contributed by atoms with Gasteiger partial charge in [-0.25, -0.2) is 0 Å². The fraction of sp³-hybridized carbons (Fsp3) is 1.00. The van der Waals surface area contributed by atoms with Crippen LogP contribution in [0.1, 0.15) is 46.5 Å². The molecule has 1 rings (SSSR count). The molecule has 0 saturated carbocycles. The van der Waals surface area contributed by atoms with Crippen molar-refractivity contribution in [2.75, 3.05) is 19.6 Å². The van der Waals surface area contributed by atoms with Crippen LogP contribution in [0.5, 0.6) is 0 Å². The van der Waals surface area contributed by atoms with Gasteiger partial charge in [0, 0.05) is 25.0 Å². The van der Waals surface area contributed by atoms with E-state index >= 15 is 0 Å². The van der Waals surface area contributed by atoms with Crippen LogP contribution in [0.25, 0.3) is 0 Å². The van der Waals surface area contributed by atoms with Crippen molar-refractivity contribution >= 4 is 0 Å². The number of likely N-dealkylation sites (tertiary alicyclic amines) is 1. The number of nitrogens with two attached hydrogens (primary N) is 1. The van der Waals surface area contributed by atoms with E-state index in [1.54, 1.807) is 0 Å². The average molecular weight is 266 g/mol. The largest absolute Gasteiger partial charge is 0.389 e. The number of hydrogen-bond donors (Lipinski definition) is 1. The summed E-state index contributed by atoms with van der Waals surface area (Å²) in [5.74, 6) is 0. The van der Waals surface area contributed by atoms with Crippen LogP contribution in [0.15, 0.2) is 0 Å². The van der Waals surface area contributed by atoms with Gasteiger partial charge in [0.2, 0.25) is 0 Å². The average Bonchev–Trinajstić information content (AvgIpc) is 2.57. The zero-order valence-corrected chi connectivity index (χ0v) is 11.6. The summed E-state index contributed by atoms with van der Waals surface area (Å²) in [6, 6.07) is 0. The van der Waals surface area contributed by atoms with Gasteiger partial charge in [-0.2, -0.15) is 13.2 Å². The van der Waals surface area contributed by atoms with Gasteiger partial charge >= 0.3 is 6.18 Å². The van der Waals surface area contributed by atoms with Gasteiger partial charge in [0.05, 0.1) is 0 Å². The first-order valence-electron chi connectivity index (χ1n) is 6.60. The van der Waals surface area contributed by atoms with Crippen molar-refractivity contribution in [3.63, 3.8) is 0 Å². The molecule has 0 aromatic rings. The molecule has 5 heteroatoms. The van der Waals surface area contributed by atoms with E-state index in [1.807, 2.05) is 6.92 Å². The normalized spacial score (nSPS) is 24.2. The third-order valence-electron chi connectivity index (χ3n) is 4.06. The molecule has 1 saturated heterocycles. The smallest absolute Gasteiger partial charge is 0.329 e. The van der Waals surface area contributed by atoms with Gasteiger partial charge in [-0.05, 0) is 38.1 Å². The van der Waals surface area contributed by atoms with Gasteiger partial charge in [0.1, 0.15) is 0 Å². The van der Waals surface area contributed by atoms with E-state index in [4.69, 9.17) is 5.73 Å². The topological polar surface area (TPSA) is 29.3 Å². The van der Waals surface area contributed by atoms with Crippen molar-refractivity contribution in [2.45, 2.75) is 58.2 Å². The number of halogens is 3. The highest BCUT2D eigenvalue weighted by Gasteiger charge is 2.39. The fourth-order valence-electron chi connectivity index (χ4n) is 2.63. The molecule has 18 heavy (non-hydrogen) atoms. The number of alkyl halides is 3. The molecule has 2 N–H and O–H groups in total. The lowest BCUT2D eigenvalue weighted by Gasteiger charge is -2.39. The Morgan fingerprint density at radius 1 is 1.22 bits per heavy atom. The summed E-state index contributed by atoms with van der Waals surface area (Å²) in [5.41, 5.74) is 5.76. The Morgan fingerprint density at radius 2 is 1.83 bits per heavy atom. The monoisotopic (exact) mass is 266 g/mol. The number of rotatable bonds is 5. The highest BCUT2D eigenvalue weighted by Crippen LogP contribution is 2.36. The zero-order chi connectivity index (χ0) is 14.0. The van der Waals surface area contributed by atoms with Crippen LogP contribution >= 0.6 is 0 Å². The maximum atomic E-state index is 12.2. The van der Waals surface area contributed by atoms with E-state index in [0.717, 1.165) is 19.5 Å². The van der Waals surface area contributed by atoms with E-state index in [-0.39, 0.29) is 17.4 Å². The minimum atomic E-state index is -4.06. The van der Waals surface area contributed by atoms with Gasteiger partial charge in [-0.3, -0.25) is 4.90 Å². The van der Waals surface area contributed by atoms with E-state index in [1.165, 1.54) is 0 Å². The second kappa shape index (κ2) is 5.37. The summed E-state index contributed by atoms with van der Waals surface area (Å²) in [6.07, 6.45) is -3.01. The van der Waals surface area contributed by atoms with Crippen LogP contribution in [0.3, 0.4) is 0 Å². The summed E-state index contributed by atoms with van der Waals surface area (Å²) in [7, 11) is 0. The third-order valence-corrected chi connectivity index (χ3v) is 4.06. The minimum absolute atomic E-state index is 0.161. The van der Waals surface area contributed by atoms with Crippen molar-refractivity contribution < 1.29 is 13.2 Å². The highest BCUT2D eigenvalue weighted by atomic mass is 19.4. The Labute approximate surface area is 108 Å². The van der Waals surface area contributed by atoms with E-state index in [9.17, 15) is 13.2 Å². The number of nitrogens with zero attached hydrogens (tertiary/aromatic N) is 1. The Bertz CT molecular complexity index is 276. The van der Waals surface area contributed by atoms with Crippen LogP contribution in [-0.2, 0) is 0 Å². The van der Waals surface area contributed by atoms with Crippen molar-refractivity contribution in [3.8, 4) is 0 Å². The summed E-state index contributed by atoms with van der Waals surface area (Å²) in [6.45, 7) is 8.66. The van der Waals surface area contributed by atoms with Crippen LogP contribution in [0.4, 0.5) is 13.2 Å². The van der Waals surface area contributed by atoms with Crippen molar-refractivity contribution in [3.05, 3.63) is 0 Å². The predicted octanol–water partition coefficient (Wildman–Crippen LogP) is 3.17. The quantitative estimate of drug-likeness (QED) is 0.828. The first-order valence-corrected chi connectivity index (χ1v) is 6.60. The maximum Gasteiger partial charge on any atom is 0.389 e. The maximum absolute atomic E-state index is 12.2. The van der Waals surface area contributed by atoms with E-state index in [0.29, 0.717) is 13.0 Å². The molecule has 1 aliphatic rings. The van der Waals surface area contributed by atoms with Crippen LogP contribution < -0.4 is 5.73 Å². The van der Waals surface area contributed by atoms with Gasteiger partial charge in [-0.1, -0.05) is 13.8 Å². The van der Waals surface area contributed by atoms with Gasteiger partial charge in [-0.15, -0.1) is 0 Å². The molecule has 2 nitrogen and oxygen atoms in total. The molecule has 0 spiro atoms. The second-order valence-electron chi connectivity index (χ2n) is 6.51. The Kier molecular flexibility index (Phi) is 4.70. The molecule has 0 aliphatic carbocycles. The summed E-state index contributed by atoms with van der Waals surface area (Å²) >= 11 is 0. The van der Waals surface area contributed by atoms with Crippen molar-refractivity contribution in [1.82, 2.24) is 4.90 Å². The Hall–Kier alpha value is -0.290. The second-order valence-corrected chi connectivity index (χ2v) is 6.51. The zero-order valence-electron chi connectivity index (χ0n) is 11.6. The molecule has 1 aliphatic heterocycles. The molecule has 1 heterocycles. The van der Waals surface area contributed by atoms with Crippen molar-refractivity contribution in [2.24, 2.45) is 11.1 Å². The number of hydrogen-bond acceptors (Lipinski definition) is 2. The lowest BCUT2D eigenvalue weighted by molar-refractivity contribution is -0.136. The highest BCUT2D eigenvalue weighted by molar-refractivity contribution is 4.94. The lowest BCUT2D eigenvalue weighted by atomic mass is 9.90. The standard InChI is InChI=1S/C13H25F3N2/c1-11(2)7-8-18(10-11)12(3,9-17)5-4-6-13(14,15)16/h4-10,17H2,1-3H3. The molecule has 1 unspecified atom stereocenters. The SMILES string of the molecule is CC1(C)CCN(C(C)(CN)CCCC(F)(F)F)C1. The Morgan fingerprint density at radius 3 is 2.22 bits per heavy atom. The van der Waals surface area contributed by atoms with Crippen LogP contribution in [0, 0.1) is 5.41 Å². The Balaban J connectivity index is 2.52. The molecule has 1 atom stereocenters. The molecular formula is C13H25F3N2. The molecule has 0 aromatic heterocycles. The first-order chi connectivity index (χ1) is 8.08. The van der Waals surface area contributed by atoms with Gasteiger partial charge < -0.3 is 5.73 Å². The molecule has 0 amide bonds. The molecule has 1 fully saturated rings. The predicted molar refractivity (Wildman–Crippen MR) is 67.3 cm³/mol. The molecule has 0 aromatic carbocycles. The minimum Gasteiger partial charge on any atom is -0.329 e. The molecule has 108 valence electrons. The first kappa shape index (κ1) is 15.8. The molecule has 0 radical (unpaired) electrons. The molecular weight excluding hydrogens is 241 g/mol. The van der Waals surface area contributed by atoms with Gasteiger partial charge in [0.15, 0.2) is 0 Å². The third kappa shape index (κ3) is 4.43. The van der Waals surface area contributed by atoms with Crippen LogP contribution in [-0.4, -0.2) is 36.2 Å². The molecule has 0 bridgehead atoms. The van der Waals surface area contributed by atoms with Crippen molar-refractivity contribution in [1.29, 1.82) is 0 Å². The fourth-order valence-corrected chi connectivity index (χ4v) is 2.63. The van der Waals surface area contributed by atoms with E-state index in [2.05, 4.69) is 18.7 Å². The summed E-state index contributed by atoms with van der Waals surface area (Å²) in [5, 5.41) is 0. The van der Waals surface area contributed by atoms with E-state index < -0.39 is 12.6 Å². The van der Waals surface area contributed by atoms with Crippen LogP contribution in [0.2, 0.25) is 0 Å². The summed E-state index contributed by atoms with van der Waals surface area (Å²) in [4.78, 5) is 2.27. The lowest BCUT2D eigenvalue weighted by Crippen LogP contribution is -2.51.